The van der Waals surface area contributed by atoms with E-state index in [0.717, 1.165) is 6.20 Å². The first-order chi connectivity index (χ1) is 12.8. The predicted octanol–water partition coefficient (Wildman–Crippen LogP) is 0.517. The fourth-order valence-corrected chi connectivity index (χ4v) is 2.87. The molecule has 3 rings (SSSR count). The van der Waals surface area contributed by atoms with E-state index in [9.17, 15) is 41.0 Å². The normalized spacial score (nSPS) is 23.5. The lowest BCUT2D eigenvalue weighted by atomic mass is 10.1. The molecule has 1 fully saturated rings. The van der Waals surface area contributed by atoms with E-state index in [2.05, 4.69) is 9.97 Å². The average Bonchev–Trinajstić information content (AvgIpc) is 3.03. The lowest BCUT2D eigenvalue weighted by Crippen LogP contribution is -2.36. The molecule has 0 unspecified atom stereocenters. The van der Waals surface area contributed by atoms with Gasteiger partial charge in [-0.05, 0) is 0 Å². The van der Waals surface area contributed by atoms with Gasteiger partial charge in [-0.2, -0.15) is 31.3 Å². The number of halogens is 6. The van der Waals surface area contributed by atoms with E-state index in [-0.39, 0.29) is 4.57 Å². The van der Waals surface area contributed by atoms with Crippen LogP contribution in [0.5, 0.6) is 0 Å². The van der Waals surface area contributed by atoms with Crippen LogP contribution in [0, 0.1) is 0 Å². The fourth-order valence-electron chi connectivity index (χ4n) is 2.87. The predicted molar refractivity (Wildman–Crippen MR) is 77.9 cm³/mol. The number of hydrogen-bond donors (Lipinski definition) is 2. The van der Waals surface area contributed by atoms with Gasteiger partial charge in [0, 0.05) is 6.42 Å². The minimum atomic E-state index is -5.26. The Bertz CT molecular complexity index is 981. The highest BCUT2D eigenvalue weighted by molar-refractivity contribution is 5.88. The molecular weight excluding hydrogens is 404 g/mol. The van der Waals surface area contributed by atoms with Crippen molar-refractivity contribution in [2.24, 2.45) is 0 Å². The number of nitrogens with zero attached hydrogens (tertiary/aromatic N) is 4. The van der Waals surface area contributed by atoms with Crippen LogP contribution in [-0.2, 0) is 16.1 Å². The summed E-state index contributed by atoms with van der Waals surface area (Å²) in [7, 11) is 0. The number of anilines is 1. The number of ketones is 1. The van der Waals surface area contributed by atoms with Crippen molar-refractivity contribution in [2.75, 3.05) is 5.73 Å². The van der Waals surface area contributed by atoms with Gasteiger partial charge >= 0.3 is 18.0 Å². The molecule has 2 aromatic rings. The summed E-state index contributed by atoms with van der Waals surface area (Å²) in [4.78, 5) is 31.0. The second-order valence-corrected chi connectivity index (χ2v) is 5.97. The number of fused-ring (bicyclic) bond motifs is 1. The number of nitrogen functional groups attached to an aromatic ring is 1. The number of carbonyl (C=O) groups is 1. The second kappa shape index (κ2) is 6.44. The van der Waals surface area contributed by atoms with Gasteiger partial charge in [0.05, 0.1) is 6.20 Å². The third-order valence-corrected chi connectivity index (χ3v) is 3.98. The fraction of sp³-hybridized carbons (Fsp3) is 0.538. The van der Waals surface area contributed by atoms with Crippen molar-refractivity contribution >= 4 is 22.9 Å². The molecule has 2 aromatic heterocycles. The molecule has 28 heavy (non-hydrogen) atoms. The quantitative estimate of drug-likeness (QED) is 0.700. The molecule has 0 saturated carbocycles. The van der Waals surface area contributed by atoms with Gasteiger partial charge in [0.1, 0.15) is 24.3 Å². The van der Waals surface area contributed by atoms with E-state index in [4.69, 9.17) is 10.5 Å². The van der Waals surface area contributed by atoms with Crippen LogP contribution in [0.1, 0.15) is 12.6 Å². The summed E-state index contributed by atoms with van der Waals surface area (Å²) in [6.07, 6.45) is -15.9. The maximum absolute atomic E-state index is 12.8. The summed E-state index contributed by atoms with van der Waals surface area (Å²) < 4.78 is 81.7. The second-order valence-electron chi connectivity index (χ2n) is 5.97. The van der Waals surface area contributed by atoms with Crippen molar-refractivity contribution in [3.63, 3.8) is 0 Å². The zero-order valence-electron chi connectivity index (χ0n) is 13.5. The lowest BCUT2D eigenvalue weighted by molar-refractivity contribution is -0.183. The molecule has 3 N–H and O–H groups in total. The van der Waals surface area contributed by atoms with Gasteiger partial charge in [0.2, 0.25) is 5.95 Å². The van der Waals surface area contributed by atoms with Crippen molar-refractivity contribution in [3.05, 3.63) is 16.7 Å². The van der Waals surface area contributed by atoms with Gasteiger partial charge in [-0.25, -0.2) is 14.3 Å². The molecule has 0 amide bonds. The molecule has 0 aromatic carbocycles. The summed E-state index contributed by atoms with van der Waals surface area (Å²) in [6.45, 7) is -1.75. The van der Waals surface area contributed by atoms with E-state index < -0.39 is 72.3 Å². The highest BCUT2D eigenvalue weighted by Gasteiger charge is 2.50. The average molecular weight is 415 g/mol. The Morgan fingerprint density at radius 2 is 1.96 bits per heavy atom. The van der Waals surface area contributed by atoms with Crippen molar-refractivity contribution in [1.82, 2.24) is 19.1 Å². The molecule has 15 heteroatoms. The van der Waals surface area contributed by atoms with Gasteiger partial charge in [0.25, 0.3) is 5.78 Å². The molecule has 0 bridgehead atoms. The first-order valence-corrected chi connectivity index (χ1v) is 7.54. The van der Waals surface area contributed by atoms with Crippen LogP contribution < -0.4 is 11.4 Å². The van der Waals surface area contributed by atoms with Gasteiger partial charge in [-0.3, -0.25) is 9.36 Å². The topological polar surface area (TPSA) is 125 Å². The van der Waals surface area contributed by atoms with E-state index >= 15 is 0 Å². The number of aliphatic hydroxyl groups excluding tert-OH is 1. The summed E-state index contributed by atoms with van der Waals surface area (Å²) in [5.41, 5.74) is 3.06. The van der Waals surface area contributed by atoms with Crippen molar-refractivity contribution in [3.8, 4) is 0 Å². The summed E-state index contributed by atoms with van der Waals surface area (Å²) in [5.74, 6) is -2.74. The Morgan fingerprint density at radius 1 is 1.32 bits per heavy atom. The summed E-state index contributed by atoms with van der Waals surface area (Å²) in [5, 5.41) is 10.0. The number of Topliss-reactive ketones (excluding diaryl/α,β-unsaturated/α-hetero) is 1. The number of ether oxygens (including phenoxy) is 1. The van der Waals surface area contributed by atoms with Crippen molar-refractivity contribution < 1.29 is 41.0 Å². The van der Waals surface area contributed by atoms with Crippen LogP contribution in [0.15, 0.2) is 11.0 Å². The summed E-state index contributed by atoms with van der Waals surface area (Å²) in [6, 6.07) is 0. The van der Waals surface area contributed by atoms with Crippen LogP contribution in [0.25, 0.3) is 11.2 Å². The number of hydrogen-bond acceptors (Lipinski definition) is 7. The lowest BCUT2D eigenvalue weighted by Gasteiger charge is -2.16. The Kier molecular flexibility index (Phi) is 4.61. The molecule has 1 saturated heterocycles. The molecule has 1 aliphatic heterocycles. The van der Waals surface area contributed by atoms with Gasteiger partial charge in [-0.1, -0.05) is 0 Å². The first-order valence-electron chi connectivity index (χ1n) is 7.54. The zero-order valence-corrected chi connectivity index (χ0v) is 13.5. The highest BCUT2D eigenvalue weighted by atomic mass is 19.4. The Hall–Kier alpha value is -2.68. The Labute approximate surface area is 150 Å². The smallest absolute Gasteiger partial charge is 0.388 e. The number of nitrogens with two attached hydrogens (primary N) is 1. The van der Waals surface area contributed by atoms with E-state index in [0.29, 0.717) is 4.57 Å². The van der Waals surface area contributed by atoms with Crippen LogP contribution >= 0.6 is 0 Å². The summed E-state index contributed by atoms with van der Waals surface area (Å²) >= 11 is 0. The van der Waals surface area contributed by atoms with Crippen LogP contribution in [0.4, 0.5) is 32.3 Å². The number of alkyl halides is 6. The molecule has 1 aliphatic rings. The van der Waals surface area contributed by atoms with Gasteiger partial charge in [-0.15, -0.1) is 0 Å². The zero-order chi connectivity index (χ0) is 21.0. The molecule has 154 valence electrons. The first kappa shape index (κ1) is 20.1. The van der Waals surface area contributed by atoms with E-state index in [1.807, 2.05) is 0 Å². The molecule has 3 atom stereocenters. The van der Waals surface area contributed by atoms with Crippen molar-refractivity contribution in [1.29, 1.82) is 0 Å². The SMILES string of the molecule is Nc1ncc2c(n1)n([C@@H]1O[C@H](C(=O)C(F)(F)F)C[C@H]1O)c(=O)n2CC(F)(F)F. The standard InChI is InChI=1S/C13H11F6N5O4/c14-12(15,16)3-23-4-2-21-10(20)22-8(4)24(11(23)27)9-5(25)1-6(28-9)7(26)13(17,18)19/h2,5-6,9,25H,1,3H2,(H2,20,21,22)/t5-,6+,9-/m1/s1. The third-order valence-electron chi connectivity index (χ3n) is 3.98. The highest BCUT2D eigenvalue weighted by Crippen LogP contribution is 2.34. The number of imidazole rings is 1. The monoisotopic (exact) mass is 415 g/mol. The molecule has 0 radical (unpaired) electrons. The number of rotatable bonds is 3. The third kappa shape index (κ3) is 3.54. The molecule has 9 nitrogen and oxygen atoms in total. The maximum atomic E-state index is 12.8. The minimum absolute atomic E-state index is 0.212. The van der Waals surface area contributed by atoms with Gasteiger partial charge < -0.3 is 15.6 Å². The Morgan fingerprint density at radius 3 is 2.54 bits per heavy atom. The minimum Gasteiger partial charge on any atom is -0.388 e. The van der Waals surface area contributed by atoms with E-state index in [1.54, 1.807) is 0 Å². The van der Waals surface area contributed by atoms with Crippen LogP contribution in [-0.4, -0.2) is 54.6 Å². The van der Waals surface area contributed by atoms with Crippen LogP contribution in [0.2, 0.25) is 0 Å². The maximum Gasteiger partial charge on any atom is 0.452 e. The van der Waals surface area contributed by atoms with Crippen molar-refractivity contribution in [2.45, 2.75) is 43.8 Å². The number of carbonyl (C=O) groups excluding carboxylic acids is 1. The molecule has 0 aliphatic carbocycles. The number of aromatic nitrogens is 4. The number of aliphatic hydroxyl groups is 1. The van der Waals surface area contributed by atoms with E-state index in [1.165, 1.54) is 0 Å². The largest absolute Gasteiger partial charge is 0.452 e. The van der Waals surface area contributed by atoms with Crippen LogP contribution in [0.3, 0.4) is 0 Å². The molecule has 3 heterocycles. The Balaban J connectivity index is 2.10. The van der Waals surface area contributed by atoms with Gasteiger partial charge in [0.15, 0.2) is 11.9 Å². The molecular formula is C13H11F6N5O4. The molecule has 0 spiro atoms.